The summed E-state index contributed by atoms with van der Waals surface area (Å²) in [5, 5.41) is 1.62. The predicted octanol–water partition coefficient (Wildman–Crippen LogP) is 3.12. The maximum atomic E-state index is 11.4. The molecule has 0 aliphatic rings. The standard InChI is InChI=1S/C11H8ClNO/c1-2-11(14)13-6-5-8-7-9(12)3-4-10(8)13/h2-7H,1H2. The zero-order valence-corrected chi connectivity index (χ0v) is 8.16. The Hall–Kier alpha value is -1.54. The molecule has 0 aliphatic heterocycles. The molecule has 0 unspecified atom stereocenters. The Morgan fingerprint density at radius 1 is 1.43 bits per heavy atom. The third-order valence-electron chi connectivity index (χ3n) is 2.06. The van der Waals surface area contributed by atoms with Crippen LogP contribution in [0.2, 0.25) is 5.02 Å². The summed E-state index contributed by atoms with van der Waals surface area (Å²) >= 11 is 5.83. The molecule has 0 saturated heterocycles. The maximum Gasteiger partial charge on any atom is 0.254 e. The van der Waals surface area contributed by atoms with E-state index in [4.69, 9.17) is 11.6 Å². The van der Waals surface area contributed by atoms with E-state index in [1.165, 1.54) is 6.08 Å². The van der Waals surface area contributed by atoms with Crippen molar-refractivity contribution < 1.29 is 4.79 Å². The summed E-state index contributed by atoms with van der Waals surface area (Å²) in [5.41, 5.74) is 0.847. The van der Waals surface area contributed by atoms with E-state index >= 15 is 0 Å². The fourth-order valence-electron chi connectivity index (χ4n) is 1.40. The molecule has 0 N–H and O–H groups in total. The highest BCUT2D eigenvalue weighted by molar-refractivity contribution is 6.31. The lowest BCUT2D eigenvalue weighted by Crippen LogP contribution is -2.04. The van der Waals surface area contributed by atoms with Gasteiger partial charge in [0.1, 0.15) is 0 Å². The average molecular weight is 206 g/mol. The molecule has 0 bridgehead atoms. The van der Waals surface area contributed by atoms with E-state index in [1.807, 2.05) is 18.2 Å². The van der Waals surface area contributed by atoms with Crippen molar-refractivity contribution >= 4 is 28.4 Å². The van der Waals surface area contributed by atoms with Crippen LogP contribution in [0.1, 0.15) is 4.79 Å². The van der Waals surface area contributed by atoms with Gasteiger partial charge >= 0.3 is 0 Å². The zero-order valence-electron chi connectivity index (χ0n) is 7.40. The zero-order chi connectivity index (χ0) is 10.1. The van der Waals surface area contributed by atoms with E-state index in [1.54, 1.807) is 16.8 Å². The van der Waals surface area contributed by atoms with Crippen LogP contribution in [0, 0.1) is 0 Å². The van der Waals surface area contributed by atoms with Gasteiger partial charge in [0.15, 0.2) is 0 Å². The topological polar surface area (TPSA) is 22.0 Å². The minimum Gasteiger partial charge on any atom is -0.284 e. The van der Waals surface area contributed by atoms with Crippen LogP contribution < -0.4 is 0 Å². The monoisotopic (exact) mass is 205 g/mol. The molecule has 3 heteroatoms. The number of nitrogens with zero attached hydrogens (tertiary/aromatic N) is 1. The van der Waals surface area contributed by atoms with Crippen LogP contribution in [-0.2, 0) is 0 Å². The number of hydrogen-bond donors (Lipinski definition) is 0. The Bertz CT molecular complexity index is 513. The first kappa shape index (κ1) is 9.03. The molecule has 0 radical (unpaired) electrons. The van der Waals surface area contributed by atoms with Crippen LogP contribution in [0.15, 0.2) is 43.1 Å². The van der Waals surface area contributed by atoms with Crippen molar-refractivity contribution in [3.8, 4) is 0 Å². The maximum absolute atomic E-state index is 11.4. The number of carbonyl (C=O) groups excluding carboxylic acids is 1. The van der Waals surface area contributed by atoms with Crippen molar-refractivity contribution in [2.75, 3.05) is 0 Å². The lowest BCUT2D eigenvalue weighted by molar-refractivity contribution is 0.0974. The first-order chi connectivity index (χ1) is 6.72. The Balaban J connectivity index is 2.69. The number of halogens is 1. The normalized spacial score (nSPS) is 10.4. The molecule has 0 aliphatic carbocycles. The molecule has 14 heavy (non-hydrogen) atoms. The third kappa shape index (κ3) is 1.34. The fraction of sp³-hybridized carbons (Fsp3) is 0. The molecule has 1 aromatic carbocycles. The van der Waals surface area contributed by atoms with Crippen molar-refractivity contribution in [2.45, 2.75) is 0 Å². The number of fused-ring (bicyclic) bond motifs is 1. The summed E-state index contributed by atoms with van der Waals surface area (Å²) in [6.07, 6.45) is 3.00. The summed E-state index contributed by atoms with van der Waals surface area (Å²) in [7, 11) is 0. The van der Waals surface area contributed by atoms with Gasteiger partial charge < -0.3 is 0 Å². The second kappa shape index (κ2) is 3.31. The molecule has 0 saturated carbocycles. The molecule has 0 spiro atoms. The second-order valence-electron chi connectivity index (χ2n) is 2.93. The van der Waals surface area contributed by atoms with Gasteiger partial charge in [-0.05, 0) is 30.3 Å². The number of carbonyl (C=O) groups is 1. The molecule has 0 amide bonds. The summed E-state index contributed by atoms with van der Waals surface area (Å²) in [6.45, 7) is 3.44. The smallest absolute Gasteiger partial charge is 0.254 e. The minimum absolute atomic E-state index is 0.137. The van der Waals surface area contributed by atoms with E-state index in [0.717, 1.165) is 10.9 Å². The van der Waals surface area contributed by atoms with Crippen LogP contribution in [0.3, 0.4) is 0 Å². The van der Waals surface area contributed by atoms with Gasteiger partial charge in [-0.3, -0.25) is 9.36 Å². The summed E-state index contributed by atoms with van der Waals surface area (Å²) in [6, 6.07) is 7.25. The lowest BCUT2D eigenvalue weighted by Gasteiger charge is -1.99. The Labute approximate surface area is 86.4 Å². The van der Waals surface area contributed by atoms with Crippen molar-refractivity contribution in [1.82, 2.24) is 4.57 Å². The minimum atomic E-state index is -0.137. The summed E-state index contributed by atoms with van der Waals surface area (Å²) in [5.74, 6) is -0.137. The number of aromatic nitrogens is 1. The van der Waals surface area contributed by atoms with Crippen LogP contribution in [-0.4, -0.2) is 10.5 Å². The van der Waals surface area contributed by atoms with E-state index in [-0.39, 0.29) is 5.91 Å². The fourth-order valence-corrected chi connectivity index (χ4v) is 1.58. The second-order valence-corrected chi connectivity index (χ2v) is 3.37. The van der Waals surface area contributed by atoms with Crippen LogP contribution in [0.5, 0.6) is 0 Å². The van der Waals surface area contributed by atoms with E-state index in [2.05, 4.69) is 6.58 Å². The Morgan fingerprint density at radius 3 is 2.93 bits per heavy atom. The van der Waals surface area contributed by atoms with Gasteiger partial charge in [-0.2, -0.15) is 0 Å². The average Bonchev–Trinajstić information content (AvgIpc) is 2.59. The van der Waals surface area contributed by atoms with E-state index in [9.17, 15) is 4.79 Å². The lowest BCUT2D eigenvalue weighted by atomic mass is 10.2. The molecule has 2 nitrogen and oxygen atoms in total. The van der Waals surface area contributed by atoms with Crippen LogP contribution >= 0.6 is 11.6 Å². The Morgan fingerprint density at radius 2 is 2.21 bits per heavy atom. The quantitative estimate of drug-likeness (QED) is 0.656. The van der Waals surface area contributed by atoms with Crippen molar-refractivity contribution in [3.63, 3.8) is 0 Å². The molecule has 0 atom stereocenters. The predicted molar refractivity (Wildman–Crippen MR) is 57.8 cm³/mol. The van der Waals surface area contributed by atoms with Gasteiger partial charge in [0, 0.05) is 16.6 Å². The molecular formula is C11H8ClNO. The van der Waals surface area contributed by atoms with Crippen LogP contribution in [0.25, 0.3) is 10.9 Å². The SMILES string of the molecule is C=CC(=O)n1ccc2cc(Cl)ccc21. The van der Waals surface area contributed by atoms with Crippen molar-refractivity contribution in [1.29, 1.82) is 0 Å². The van der Waals surface area contributed by atoms with Gasteiger partial charge in [-0.1, -0.05) is 18.2 Å². The van der Waals surface area contributed by atoms with Gasteiger partial charge in [0.25, 0.3) is 5.91 Å². The summed E-state index contributed by atoms with van der Waals surface area (Å²) in [4.78, 5) is 11.4. The number of hydrogen-bond acceptors (Lipinski definition) is 1. The number of rotatable bonds is 1. The summed E-state index contributed by atoms with van der Waals surface area (Å²) < 4.78 is 1.54. The molecule has 1 aromatic heterocycles. The van der Waals surface area contributed by atoms with Crippen molar-refractivity contribution in [3.05, 3.63) is 48.1 Å². The van der Waals surface area contributed by atoms with E-state index < -0.39 is 0 Å². The number of allylic oxidation sites excluding steroid dienone is 1. The van der Waals surface area contributed by atoms with E-state index in [0.29, 0.717) is 5.02 Å². The highest BCUT2D eigenvalue weighted by Crippen LogP contribution is 2.20. The molecule has 0 fully saturated rings. The molecule has 2 aromatic rings. The first-order valence-corrected chi connectivity index (χ1v) is 4.53. The van der Waals surface area contributed by atoms with Gasteiger partial charge in [0.05, 0.1) is 5.52 Å². The van der Waals surface area contributed by atoms with Gasteiger partial charge in [0.2, 0.25) is 0 Å². The van der Waals surface area contributed by atoms with Gasteiger partial charge in [-0.25, -0.2) is 0 Å². The van der Waals surface area contributed by atoms with Crippen LogP contribution in [0.4, 0.5) is 0 Å². The molecule has 2 rings (SSSR count). The van der Waals surface area contributed by atoms with Gasteiger partial charge in [-0.15, -0.1) is 0 Å². The number of benzene rings is 1. The molecule has 1 heterocycles. The highest BCUT2D eigenvalue weighted by Gasteiger charge is 2.04. The molecule has 70 valence electrons. The first-order valence-electron chi connectivity index (χ1n) is 4.16. The third-order valence-corrected chi connectivity index (χ3v) is 2.30. The largest absolute Gasteiger partial charge is 0.284 e. The highest BCUT2D eigenvalue weighted by atomic mass is 35.5. The molecular weight excluding hydrogens is 198 g/mol. The van der Waals surface area contributed by atoms with Crippen molar-refractivity contribution in [2.24, 2.45) is 0 Å². The Kier molecular flexibility index (Phi) is 2.14.